The Morgan fingerprint density at radius 1 is 1.32 bits per heavy atom. The number of nitrogens with two attached hydrogens (primary N) is 1. The molecule has 0 radical (unpaired) electrons. The second-order valence-electron chi connectivity index (χ2n) is 5.36. The number of pyridine rings is 1. The van der Waals surface area contributed by atoms with Crippen molar-refractivity contribution in [3.05, 3.63) is 64.3 Å². The molecule has 0 bridgehead atoms. The van der Waals surface area contributed by atoms with Crippen LogP contribution in [0.2, 0.25) is 0 Å². The molecule has 0 saturated heterocycles. The highest BCUT2D eigenvalue weighted by Gasteiger charge is 2.15. The van der Waals surface area contributed by atoms with E-state index in [4.69, 9.17) is 5.73 Å². The second-order valence-corrected chi connectivity index (χ2v) is 6.34. The smallest absolute Gasteiger partial charge is 0.274 e. The van der Waals surface area contributed by atoms with Crippen molar-refractivity contribution in [2.45, 2.75) is 19.0 Å². The van der Waals surface area contributed by atoms with Gasteiger partial charge in [0.1, 0.15) is 11.5 Å². The predicted octanol–water partition coefficient (Wildman–Crippen LogP) is 2.48. The number of anilines is 1. The molecule has 25 heavy (non-hydrogen) atoms. The van der Waals surface area contributed by atoms with Crippen LogP contribution in [0.15, 0.2) is 47.4 Å². The van der Waals surface area contributed by atoms with Crippen molar-refractivity contribution in [3.63, 3.8) is 0 Å². The fourth-order valence-electron chi connectivity index (χ4n) is 2.14. The van der Waals surface area contributed by atoms with Gasteiger partial charge in [-0.3, -0.25) is 9.59 Å². The van der Waals surface area contributed by atoms with Gasteiger partial charge in [-0.05, 0) is 48.3 Å². The molecule has 1 atom stereocenters. The molecule has 8 heteroatoms. The van der Waals surface area contributed by atoms with Gasteiger partial charge in [0, 0.05) is 6.20 Å². The Kier molecular flexibility index (Phi) is 8.68. The quantitative estimate of drug-likeness (QED) is 0.767. The summed E-state index contributed by atoms with van der Waals surface area (Å²) in [5, 5.41) is 2.59. The third kappa shape index (κ3) is 6.19. The van der Waals surface area contributed by atoms with E-state index in [1.807, 2.05) is 6.26 Å². The van der Waals surface area contributed by atoms with Crippen molar-refractivity contribution in [2.24, 2.45) is 5.73 Å². The van der Waals surface area contributed by atoms with Crippen LogP contribution in [-0.2, 0) is 11.3 Å². The van der Waals surface area contributed by atoms with Gasteiger partial charge in [-0.2, -0.15) is 11.8 Å². The van der Waals surface area contributed by atoms with E-state index in [1.165, 1.54) is 16.7 Å². The number of halogens is 2. The molecule has 0 aliphatic carbocycles. The van der Waals surface area contributed by atoms with Crippen molar-refractivity contribution in [3.8, 4) is 0 Å². The molecule has 0 aliphatic rings. The number of amides is 1. The number of carbonyl (C=O) groups is 1. The first kappa shape index (κ1) is 21.2. The Balaban J connectivity index is 0.00000312. The van der Waals surface area contributed by atoms with Gasteiger partial charge in [-0.1, -0.05) is 12.1 Å². The highest BCUT2D eigenvalue weighted by atomic mass is 35.5. The van der Waals surface area contributed by atoms with Crippen LogP contribution < -0.4 is 16.6 Å². The zero-order valence-corrected chi connectivity index (χ0v) is 15.4. The maximum Gasteiger partial charge on any atom is 0.274 e. The van der Waals surface area contributed by atoms with Crippen molar-refractivity contribution in [1.29, 1.82) is 0 Å². The Morgan fingerprint density at radius 2 is 2.00 bits per heavy atom. The molecule has 2 rings (SSSR count). The fourth-order valence-corrected chi connectivity index (χ4v) is 2.63. The van der Waals surface area contributed by atoms with E-state index in [9.17, 15) is 14.0 Å². The number of nitrogens with zero attached hydrogens (tertiary/aromatic N) is 1. The molecule has 136 valence electrons. The van der Waals surface area contributed by atoms with Gasteiger partial charge in [0.2, 0.25) is 5.91 Å². The van der Waals surface area contributed by atoms with E-state index in [0.717, 1.165) is 11.3 Å². The van der Waals surface area contributed by atoms with Crippen LogP contribution in [-0.4, -0.2) is 28.5 Å². The number of aromatic nitrogens is 1. The lowest BCUT2D eigenvalue weighted by atomic mass is 10.2. The molecule has 0 fully saturated rings. The summed E-state index contributed by atoms with van der Waals surface area (Å²) in [6.07, 6.45) is 4.11. The third-order valence-corrected chi connectivity index (χ3v) is 4.16. The number of benzene rings is 1. The molecule has 5 nitrogen and oxygen atoms in total. The number of nitrogens with one attached hydrogen (secondary N) is 1. The lowest BCUT2D eigenvalue weighted by Gasteiger charge is -2.13. The van der Waals surface area contributed by atoms with Crippen LogP contribution in [0, 0.1) is 5.82 Å². The average Bonchev–Trinajstić information content (AvgIpc) is 2.58. The average molecular weight is 386 g/mol. The summed E-state index contributed by atoms with van der Waals surface area (Å²) < 4.78 is 14.4. The normalized spacial score (nSPS) is 11.5. The SMILES string of the molecule is CSCC[C@H](N)C(=O)Nc1cccn(Cc2ccc(F)cc2)c1=O.Cl. The molecule has 1 amide bonds. The van der Waals surface area contributed by atoms with E-state index in [0.29, 0.717) is 13.0 Å². The van der Waals surface area contributed by atoms with Gasteiger partial charge >= 0.3 is 0 Å². The molecule has 3 N–H and O–H groups in total. The van der Waals surface area contributed by atoms with Gasteiger partial charge in [0.15, 0.2) is 0 Å². The van der Waals surface area contributed by atoms with Crippen molar-refractivity contribution in [2.75, 3.05) is 17.3 Å². The summed E-state index contributed by atoms with van der Waals surface area (Å²) >= 11 is 1.61. The van der Waals surface area contributed by atoms with E-state index in [1.54, 1.807) is 42.2 Å². The van der Waals surface area contributed by atoms with Crippen LogP contribution in [0.5, 0.6) is 0 Å². The van der Waals surface area contributed by atoms with Gasteiger partial charge in [-0.25, -0.2) is 4.39 Å². The number of rotatable bonds is 7. The molecular weight excluding hydrogens is 365 g/mol. The minimum absolute atomic E-state index is 0. The second kappa shape index (κ2) is 10.2. The number of hydrogen-bond acceptors (Lipinski definition) is 4. The molecule has 2 aromatic rings. The first-order valence-corrected chi connectivity index (χ1v) is 8.90. The standard InChI is InChI=1S/C17H20FN3O2S.ClH/c1-24-10-8-14(19)16(22)20-15-3-2-9-21(17(15)23)11-12-4-6-13(18)7-5-12;/h2-7,9,14H,8,10-11,19H2,1H3,(H,20,22);1H/t14-;/m0./s1. The summed E-state index contributed by atoms with van der Waals surface area (Å²) in [6, 6.07) is 8.49. The van der Waals surface area contributed by atoms with Crippen molar-refractivity contribution < 1.29 is 9.18 Å². The van der Waals surface area contributed by atoms with Crippen LogP contribution in [0.1, 0.15) is 12.0 Å². The molecule has 0 aliphatic heterocycles. The number of carbonyl (C=O) groups excluding carboxylic acids is 1. The van der Waals surface area contributed by atoms with Gasteiger partial charge in [-0.15, -0.1) is 12.4 Å². The summed E-state index contributed by atoms with van der Waals surface area (Å²) in [4.78, 5) is 24.5. The molecule has 0 saturated carbocycles. The highest BCUT2D eigenvalue weighted by molar-refractivity contribution is 7.98. The van der Waals surface area contributed by atoms with Crippen LogP contribution in [0.25, 0.3) is 0 Å². The lowest BCUT2D eigenvalue weighted by molar-refractivity contribution is -0.117. The Hall–Kier alpha value is -1.83. The van der Waals surface area contributed by atoms with Crippen LogP contribution in [0.4, 0.5) is 10.1 Å². The highest BCUT2D eigenvalue weighted by Crippen LogP contribution is 2.07. The lowest BCUT2D eigenvalue weighted by Crippen LogP contribution is -2.38. The summed E-state index contributed by atoms with van der Waals surface area (Å²) in [6.45, 7) is 0.293. The van der Waals surface area contributed by atoms with Crippen molar-refractivity contribution in [1.82, 2.24) is 4.57 Å². The van der Waals surface area contributed by atoms with Gasteiger partial charge < -0.3 is 15.6 Å². The van der Waals surface area contributed by atoms with E-state index >= 15 is 0 Å². The largest absolute Gasteiger partial charge is 0.320 e. The summed E-state index contributed by atoms with van der Waals surface area (Å²) in [5.74, 6) is 0.0741. The van der Waals surface area contributed by atoms with Gasteiger partial charge in [0.25, 0.3) is 5.56 Å². The predicted molar refractivity (Wildman–Crippen MR) is 103 cm³/mol. The molecular formula is C17H21ClFN3O2S. The van der Waals surface area contributed by atoms with E-state index in [-0.39, 0.29) is 35.4 Å². The van der Waals surface area contributed by atoms with Crippen LogP contribution in [0.3, 0.4) is 0 Å². The summed E-state index contributed by atoms with van der Waals surface area (Å²) in [5.41, 5.74) is 6.46. The van der Waals surface area contributed by atoms with E-state index < -0.39 is 6.04 Å². The van der Waals surface area contributed by atoms with Crippen LogP contribution >= 0.6 is 24.2 Å². The zero-order chi connectivity index (χ0) is 17.5. The maximum absolute atomic E-state index is 12.9. The molecule has 0 spiro atoms. The number of hydrogen-bond donors (Lipinski definition) is 2. The molecule has 1 heterocycles. The number of thioether (sulfide) groups is 1. The Labute approximate surface area is 156 Å². The maximum atomic E-state index is 12.9. The topological polar surface area (TPSA) is 77.1 Å². The van der Waals surface area contributed by atoms with Crippen molar-refractivity contribution >= 4 is 35.8 Å². The first-order chi connectivity index (χ1) is 11.5. The summed E-state index contributed by atoms with van der Waals surface area (Å²) in [7, 11) is 0. The Morgan fingerprint density at radius 3 is 2.64 bits per heavy atom. The third-order valence-electron chi connectivity index (χ3n) is 3.51. The molecule has 0 unspecified atom stereocenters. The zero-order valence-electron chi connectivity index (χ0n) is 13.8. The first-order valence-electron chi connectivity index (χ1n) is 7.50. The van der Waals surface area contributed by atoms with Gasteiger partial charge in [0.05, 0.1) is 12.6 Å². The Bertz CT molecular complexity index is 752. The van der Waals surface area contributed by atoms with E-state index in [2.05, 4.69) is 5.32 Å². The minimum Gasteiger partial charge on any atom is -0.320 e. The minimum atomic E-state index is -0.650. The fraction of sp³-hybridized carbons (Fsp3) is 0.294. The molecule has 1 aromatic heterocycles. The monoisotopic (exact) mass is 385 g/mol. The molecule has 1 aromatic carbocycles.